The number of benzene rings is 3. The third-order valence-electron chi connectivity index (χ3n) is 4.81. The van der Waals surface area contributed by atoms with Gasteiger partial charge in [-0.3, -0.25) is 10.1 Å². The molecule has 0 bridgehead atoms. The molecule has 3 aromatic carbocycles. The van der Waals surface area contributed by atoms with E-state index in [2.05, 4.69) is 29.6 Å². The highest BCUT2D eigenvalue weighted by Gasteiger charge is 2.21. The van der Waals surface area contributed by atoms with Gasteiger partial charge in [0.15, 0.2) is 11.5 Å². The molecule has 0 unspecified atom stereocenters. The van der Waals surface area contributed by atoms with Crippen molar-refractivity contribution in [1.82, 2.24) is 5.32 Å². The number of hydrogen-bond acceptors (Lipinski definition) is 5. The van der Waals surface area contributed by atoms with Crippen LogP contribution in [0.15, 0.2) is 72.8 Å². The number of methoxy groups -OCH3 is 2. The van der Waals surface area contributed by atoms with Gasteiger partial charge in [-0.05, 0) is 23.6 Å². The SMILES string of the molecule is COc1cc(CN[C@H](Cc2ccccc2)c2ccccc2)c([N+](=O)[O-])cc1OC. The molecule has 0 fully saturated rings. The summed E-state index contributed by atoms with van der Waals surface area (Å²) < 4.78 is 10.5. The lowest BCUT2D eigenvalue weighted by molar-refractivity contribution is -0.385. The first-order valence-electron chi connectivity index (χ1n) is 9.34. The molecule has 0 aliphatic carbocycles. The lowest BCUT2D eigenvalue weighted by Crippen LogP contribution is -2.23. The van der Waals surface area contributed by atoms with E-state index in [4.69, 9.17) is 9.47 Å². The Labute approximate surface area is 170 Å². The highest BCUT2D eigenvalue weighted by Crippen LogP contribution is 2.34. The van der Waals surface area contributed by atoms with Crippen LogP contribution in [0.2, 0.25) is 0 Å². The minimum Gasteiger partial charge on any atom is -0.493 e. The van der Waals surface area contributed by atoms with Crippen molar-refractivity contribution >= 4 is 5.69 Å². The second kappa shape index (κ2) is 9.71. The van der Waals surface area contributed by atoms with Crippen LogP contribution in [-0.2, 0) is 13.0 Å². The van der Waals surface area contributed by atoms with Crippen molar-refractivity contribution in [3.8, 4) is 11.5 Å². The highest BCUT2D eigenvalue weighted by atomic mass is 16.6. The second-order valence-corrected chi connectivity index (χ2v) is 6.63. The predicted molar refractivity (Wildman–Crippen MR) is 112 cm³/mol. The van der Waals surface area contributed by atoms with E-state index in [1.54, 1.807) is 6.07 Å². The zero-order chi connectivity index (χ0) is 20.6. The van der Waals surface area contributed by atoms with Crippen molar-refractivity contribution in [2.45, 2.75) is 19.0 Å². The van der Waals surface area contributed by atoms with E-state index in [-0.39, 0.29) is 11.7 Å². The Morgan fingerprint density at radius 1 is 0.931 bits per heavy atom. The lowest BCUT2D eigenvalue weighted by Gasteiger charge is -2.20. The van der Waals surface area contributed by atoms with Gasteiger partial charge in [0.2, 0.25) is 0 Å². The first-order valence-corrected chi connectivity index (χ1v) is 9.34. The van der Waals surface area contributed by atoms with E-state index < -0.39 is 4.92 Å². The van der Waals surface area contributed by atoms with Crippen molar-refractivity contribution in [2.24, 2.45) is 0 Å². The number of nitro benzene ring substituents is 1. The number of rotatable bonds is 9. The minimum atomic E-state index is -0.395. The van der Waals surface area contributed by atoms with Gasteiger partial charge in [0, 0.05) is 18.2 Å². The zero-order valence-electron chi connectivity index (χ0n) is 16.5. The smallest absolute Gasteiger partial charge is 0.277 e. The Morgan fingerprint density at radius 2 is 1.52 bits per heavy atom. The first kappa shape index (κ1) is 20.4. The third kappa shape index (κ3) is 5.12. The Balaban J connectivity index is 1.88. The molecule has 1 N–H and O–H groups in total. The van der Waals surface area contributed by atoms with Gasteiger partial charge < -0.3 is 14.8 Å². The van der Waals surface area contributed by atoms with Crippen LogP contribution in [-0.4, -0.2) is 19.1 Å². The zero-order valence-corrected chi connectivity index (χ0v) is 16.5. The van der Waals surface area contributed by atoms with Gasteiger partial charge in [0.05, 0.1) is 25.2 Å². The van der Waals surface area contributed by atoms with Crippen molar-refractivity contribution < 1.29 is 14.4 Å². The molecule has 0 saturated carbocycles. The molecule has 0 aliphatic heterocycles. The monoisotopic (exact) mass is 392 g/mol. The van der Waals surface area contributed by atoms with Crippen LogP contribution in [0.5, 0.6) is 11.5 Å². The Kier molecular flexibility index (Phi) is 6.81. The summed E-state index contributed by atoms with van der Waals surface area (Å²) >= 11 is 0. The minimum absolute atomic E-state index is 0.00155. The summed E-state index contributed by atoms with van der Waals surface area (Å²) in [7, 11) is 2.98. The van der Waals surface area contributed by atoms with Gasteiger partial charge in [0.1, 0.15) is 0 Å². The summed E-state index contributed by atoms with van der Waals surface area (Å²) in [6.45, 7) is 0.322. The fraction of sp³-hybridized carbons (Fsp3) is 0.217. The normalized spacial score (nSPS) is 11.7. The molecule has 0 aliphatic rings. The van der Waals surface area contributed by atoms with Gasteiger partial charge in [-0.1, -0.05) is 60.7 Å². The molecule has 0 radical (unpaired) electrons. The van der Waals surface area contributed by atoms with Gasteiger partial charge in [-0.2, -0.15) is 0 Å². The molecule has 0 amide bonds. The van der Waals surface area contributed by atoms with Gasteiger partial charge in [-0.25, -0.2) is 0 Å². The first-order chi connectivity index (χ1) is 14.1. The highest BCUT2D eigenvalue weighted by molar-refractivity contribution is 5.54. The van der Waals surface area contributed by atoms with Crippen LogP contribution in [0, 0.1) is 10.1 Å². The quantitative estimate of drug-likeness (QED) is 0.423. The molecule has 0 heterocycles. The maximum absolute atomic E-state index is 11.6. The summed E-state index contributed by atoms with van der Waals surface area (Å²) in [5.41, 5.74) is 2.86. The van der Waals surface area contributed by atoms with Crippen LogP contribution >= 0.6 is 0 Å². The Hall–Kier alpha value is -3.38. The van der Waals surface area contributed by atoms with Crippen LogP contribution in [0.4, 0.5) is 5.69 Å². The van der Waals surface area contributed by atoms with E-state index in [1.807, 2.05) is 36.4 Å². The van der Waals surface area contributed by atoms with Crippen LogP contribution < -0.4 is 14.8 Å². The van der Waals surface area contributed by atoms with Crippen molar-refractivity contribution in [1.29, 1.82) is 0 Å². The molecule has 6 nitrogen and oxygen atoms in total. The number of nitrogens with zero attached hydrogens (tertiary/aromatic N) is 1. The molecule has 3 aromatic rings. The second-order valence-electron chi connectivity index (χ2n) is 6.63. The molecule has 150 valence electrons. The van der Waals surface area contributed by atoms with Crippen molar-refractivity contribution in [2.75, 3.05) is 14.2 Å². The molecule has 0 aromatic heterocycles. The van der Waals surface area contributed by atoms with E-state index >= 15 is 0 Å². The number of ether oxygens (including phenoxy) is 2. The van der Waals surface area contributed by atoms with Crippen LogP contribution in [0.3, 0.4) is 0 Å². The fourth-order valence-corrected chi connectivity index (χ4v) is 3.30. The van der Waals surface area contributed by atoms with E-state index in [0.29, 0.717) is 23.6 Å². The maximum Gasteiger partial charge on any atom is 0.277 e. The number of nitrogens with one attached hydrogen (secondary N) is 1. The number of nitro groups is 1. The summed E-state index contributed by atoms with van der Waals surface area (Å²) in [6, 6.07) is 23.3. The maximum atomic E-state index is 11.6. The van der Waals surface area contributed by atoms with Crippen LogP contribution in [0.1, 0.15) is 22.7 Å². The largest absolute Gasteiger partial charge is 0.493 e. The fourth-order valence-electron chi connectivity index (χ4n) is 3.30. The van der Waals surface area contributed by atoms with Crippen molar-refractivity contribution in [3.05, 3.63) is 99.6 Å². The molecule has 0 spiro atoms. The molecular formula is C23H24N2O4. The molecule has 0 saturated heterocycles. The summed E-state index contributed by atoms with van der Waals surface area (Å²) in [5.74, 6) is 0.807. The van der Waals surface area contributed by atoms with Crippen molar-refractivity contribution in [3.63, 3.8) is 0 Å². The van der Waals surface area contributed by atoms with Gasteiger partial charge >= 0.3 is 0 Å². The van der Waals surface area contributed by atoms with Gasteiger partial charge in [0.25, 0.3) is 5.69 Å². The topological polar surface area (TPSA) is 73.6 Å². The average molecular weight is 392 g/mol. The Morgan fingerprint density at radius 3 is 2.10 bits per heavy atom. The summed E-state index contributed by atoms with van der Waals surface area (Å²) in [4.78, 5) is 11.2. The summed E-state index contributed by atoms with van der Waals surface area (Å²) in [6.07, 6.45) is 0.770. The van der Waals surface area contributed by atoms with E-state index in [9.17, 15) is 10.1 Å². The van der Waals surface area contributed by atoms with Gasteiger partial charge in [-0.15, -0.1) is 0 Å². The molecule has 29 heavy (non-hydrogen) atoms. The van der Waals surface area contributed by atoms with Crippen LogP contribution in [0.25, 0.3) is 0 Å². The Bertz CT molecular complexity index is 946. The molecule has 6 heteroatoms. The van der Waals surface area contributed by atoms with E-state index in [1.165, 1.54) is 25.8 Å². The third-order valence-corrected chi connectivity index (χ3v) is 4.81. The molecule has 1 atom stereocenters. The number of hydrogen-bond donors (Lipinski definition) is 1. The summed E-state index contributed by atoms with van der Waals surface area (Å²) in [5, 5.41) is 15.1. The standard InChI is InChI=1S/C23H24N2O4/c1-28-22-14-19(21(25(26)27)15-23(22)29-2)16-24-20(18-11-7-4-8-12-18)13-17-9-5-3-6-10-17/h3-12,14-15,20,24H,13,16H2,1-2H3/t20-/m1/s1. The predicted octanol–water partition coefficient (Wildman–Crippen LogP) is 4.69. The average Bonchev–Trinajstić information content (AvgIpc) is 2.77. The molecular weight excluding hydrogens is 368 g/mol. The van der Waals surface area contributed by atoms with E-state index in [0.717, 1.165) is 12.0 Å². The lowest BCUT2D eigenvalue weighted by atomic mass is 9.98. The molecule has 3 rings (SSSR count).